The molecule has 0 atom stereocenters. The maximum Gasteiger partial charge on any atom is 0.339 e. The van der Waals surface area contributed by atoms with Crippen molar-refractivity contribution in [1.82, 2.24) is 0 Å². The van der Waals surface area contributed by atoms with Crippen LogP contribution in [0.1, 0.15) is 27.9 Å². The second-order valence-corrected chi connectivity index (χ2v) is 7.11. The molecule has 0 unspecified atom stereocenters. The second kappa shape index (κ2) is 6.04. The number of benzene rings is 2. The zero-order valence-corrected chi connectivity index (χ0v) is 13.5. The van der Waals surface area contributed by atoms with E-state index in [1.54, 1.807) is 24.3 Å². The number of aryl methyl sites for hydroxylation is 2. The van der Waals surface area contributed by atoms with Gasteiger partial charge in [-0.05, 0) is 54.7 Å². The number of para-hydroxylation sites is 1. The number of esters is 1. The van der Waals surface area contributed by atoms with Crippen molar-refractivity contribution >= 4 is 21.7 Å². The lowest BCUT2D eigenvalue weighted by molar-refractivity contribution is 0.0602. The lowest BCUT2D eigenvalue weighted by atomic mass is 10.1. The van der Waals surface area contributed by atoms with Crippen LogP contribution in [0.5, 0.6) is 0 Å². The summed E-state index contributed by atoms with van der Waals surface area (Å²) in [5, 5.41) is 0. The Balaban J connectivity index is 1.95. The summed E-state index contributed by atoms with van der Waals surface area (Å²) in [5.74, 6) is -0.586. The van der Waals surface area contributed by atoms with Gasteiger partial charge < -0.3 is 4.74 Å². The van der Waals surface area contributed by atoms with Crippen LogP contribution in [0.2, 0.25) is 0 Å². The van der Waals surface area contributed by atoms with Crippen molar-refractivity contribution in [2.24, 2.45) is 0 Å². The van der Waals surface area contributed by atoms with Crippen molar-refractivity contribution < 1.29 is 17.9 Å². The van der Waals surface area contributed by atoms with E-state index in [9.17, 15) is 13.2 Å². The van der Waals surface area contributed by atoms with Crippen LogP contribution >= 0.6 is 0 Å². The van der Waals surface area contributed by atoms with E-state index in [0.29, 0.717) is 0 Å². The summed E-state index contributed by atoms with van der Waals surface area (Å²) >= 11 is 0. The third-order valence-electron chi connectivity index (χ3n) is 3.96. The Hall–Kier alpha value is -2.34. The van der Waals surface area contributed by atoms with Gasteiger partial charge in [0.1, 0.15) is 0 Å². The molecule has 1 aliphatic carbocycles. The minimum atomic E-state index is -3.76. The highest BCUT2D eigenvalue weighted by Crippen LogP contribution is 2.26. The average molecular weight is 331 g/mol. The van der Waals surface area contributed by atoms with Gasteiger partial charge in [0.25, 0.3) is 10.0 Å². The molecular weight excluding hydrogens is 314 g/mol. The third-order valence-corrected chi connectivity index (χ3v) is 5.32. The Labute approximate surface area is 135 Å². The smallest absolute Gasteiger partial charge is 0.339 e. The van der Waals surface area contributed by atoms with Crippen molar-refractivity contribution in [3.63, 3.8) is 0 Å². The van der Waals surface area contributed by atoms with E-state index in [1.807, 2.05) is 6.07 Å². The summed E-state index contributed by atoms with van der Waals surface area (Å²) in [7, 11) is -2.50. The quantitative estimate of drug-likeness (QED) is 0.875. The normalized spacial score (nSPS) is 13.4. The standard InChI is InChI=1S/C17H17NO4S/c1-22-17(19)15-7-2-3-8-16(15)18-23(20,21)14-10-9-12-5-4-6-13(12)11-14/h2-3,7-11,18H,4-6H2,1H3. The molecule has 3 rings (SSSR count). The van der Waals surface area contributed by atoms with E-state index < -0.39 is 16.0 Å². The van der Waals surface area contributed by atoms with Crippen LogP contribution in [0, 0.1) is 0 Å². The van der Waals surface area contributed by atoms with Gasteiger partial charge in [0.15, 0.2) is 0 Å². The van der Waals surface area contributed by atoms with E-state index in [2.05, 4.69) is 9.46 Å². The Morgan fingerprint density at radius 2 is 1.83 bits per heavy atom. The number of rotatable bonds is 4. The van der Waals surface area contributed by atoms with Crippen LogP contribution in [-0.2, 0) is 27.6 Å². The van der Waals surface area contributed by atoms with E-state index in [1.165, 1.54) is 24.8 Å². The first kappa shape index (κ1) is 15.6. The Morgan fingerprint density at radius 3 is 2.61 bits per heavy atom. The highest BCUT2D eigenvalue weighted by Gasteiger charge is 2.21. The molecule has 0 fully saturated rings. The van der Waals surface area contributed by atoms with Crippen LogP contribution in [0.4, 0.5) is 5.69 Å². The lowest BCUT2D eigenvalue weighted by Crippen LogP contribution is -2.16. The van der Waals surface area contributed by atoms with Gasteiger partial charge in [-0.3, -0.25) is 4.72 Å². The molecule has 0 aromatic heterocycles. The SMILES string of the molecule is COC(=O)c1ccccc1NS(=O)(=O)c1ccc2c(c1)CCC2. The number of carbonyl (C=O) groups is 1. The summed E-state index contributed by atoms with van der Waals surface area (Å²) < 4.78 is 32.4. The molecule has 0 radical (unpaired) electrons. The molecule has 2 aromatic rings. The highest BCUT2D eigenvalue weighted by molar-refractivity contribution is 7.92. The second-order valence-electron chi connectivity index (χ2n) is 5.43. The largest absolute Gasteiger partial charge is 0.465 e. The van der Waals surface area contributed by atoms with Gasteiger partial charge in [-0.25, -0.2) is 13.2 Å². The van der Waals surface area contributed by atoms with Crippen molar-refractivity contribution in [3.8, 4) is 0 Å². The zero-order valence-electron chi connectivity index (χ0n) is 12.7. The minimum absolute atomic E-state index is 0.180. The predicted octanol–water partition coefficient (Wildman–Crippen LogP) is 2.76. The summed E-state index contributed by atoms with van der Waals surface area (Å²) in [4.78, 5) is 12.0. The number of nitrogens with one attached hydrogen (secondary N) is 1. The van der Waals surface area contributed by atoms with Gasteiger partial charge in [0.05, 0.1) is 23.3 Å². The molecule has 1 aliphatic rings. The van der Waals surface area contributed by atoms with Gasteiger partial charge in [0, 0.05) is 0 Å². The fraction of sp³-hybridized carbons (Fsp3) is 0.235. The van der Waals surface area contributed by atoms with Gasteiger partial charge in [-0.2, -0.15) is 0 Å². The van der Waals surface area contributed by atoms with Crippen LogP contribution < -0.4 is 4.72 Å². The molecule has 0 saturated carbocycles. The van der Waals surface area contributed by atoms with Crippen LogP contribution in [0.25, 0.3) is 0 Å². The molecule has 0 spiro atoms. The number of hydrogen-bond acceptors (Lipinski definition) is 4. The number of fused-ring (bicyclic) bond motifs is 1. The number of methoxy groups -OCH3 is 1. The Bertz CT molecular complexity index is 859. The van der Waals surface area contributed by atoms with E-state index >= 15 is 0 Å². The molecule has 0 bridgehead atoms. The monoisotopic (exact) mass is 331 g/mol. The first-order chi connectivity index (χ1) is 11.0. The summed E-state index contributed by atoms with van der Waals surface area (Å²) in [6, 6.07) is 11.6. The molecule has 23 heavy (non-hydrogen) atoms. The first-order valence-corrected chi connectivity index (χ1v) is 8.81. The van der Waals surface area contributed by atoms with Gasteiger partial charge in [0.2, 0.25) is 0 Å². The maximum atomic E-state index is 12.6. The molecule has 0 saturated heterocycles. The summed E-state index contributed by atoms with van der Waals surface area (Å²) in [6.45, 7) is 0. The van der Waals surface area contributed by atoms with E-state index in [-0.39, 0.29) is 16.1 Å². The Kier molecular flexibility index (Phi) is 4.09. The number of anilines is 1. The van der Waals surface area contributed by atoms with Crippen LogP contribution in [0.15, 0.2) is 47.4 Å². The summed E-state index contributed by atoms with van der Waals surface area (Å²) in [5.41, 5.74) is 2.67. The highest BCUT2D eigenvalue weighted by atomic mass is 32.2. The van der Waals surface area contributed by atoms with Gasteiger partial charge >= 0.3 is 5.97 Å². The van der Waals surface area contributed by atoms with Crippen molar-refractivity contribution in [3.05, 3.63) is 59.2 Å². The third kappa shape index (κ3) is 3.07. The van der Waals surface area contributed by atoms with E-state index in [0.717, 1.165) is 24.8 Å². The molecule has 1 N–H and O–H groups in total. The first-order valence-electron chi connectivity index (χ1n) is 7.33. The predicted molar refractivity (Wildman–Crippen MR) is 87.1 cm³/mol. The minimum Gasteiger partial charge on any atom is -0.465 e. The number of sulfonamides is 1. The zero-order chi connectivity index (χ0) is 16.4. The molecule has 0 aliphatic heterocycles. The molecular formula is C17H17NO4S. The van der Waals surface area contributed by atoms with Gasteiger partial charge in [-0.15, -0.1) is 0 Å². The maximum absolute atomic E-state index is 12.6. The molecule has 2 aromatic carbocycles. The molecule has 120 valence electrons. The van der Waals surface area contributed by atoms with Crippen molar-refractivity contribution in [2.45, 2.75) is 24.2 Å². The molecule has 0 heterocycles. The number of hydrogen-bond donors (Lipinski definition) is 1. The number of ether oxygens (including phenoxy) is 1. The van der Waals surface area contributed by atoms with E-state index in [4.69, 9.17) is 0 Å². The molecule has 5 nitrogen and oxygen atoms in total. The molecule has 0 amide bonds. The van der Waals surface area contributed by atoms with Crippen LogP contribution in [-0.4, -0.2) is 21.5 Å². The Morgan fingerprint density at radius 1 is 1.09 bits per heavy atom. The van der Waals surface area contributed by atoms with Crippen molar-refractivity contribution in [1.29, 1.82) is 0 Å². The number of carbonyl (C=O) groups excluding carboxylic acids is 1. The fourth-order valence-corrected chi connectivity index (χ4v) is 3.91. The van der Waals surface area contributed by atoms with Crippen molar-refractivity contribution in [2.75, 3.05) is 11.8 Å². The lowest BCUT2D eigenvalue weighted by Gasteiger charge is -2.12. The average Bonchev–Trinajstić information content (AvgIpc) is 3.02. The fourth-order valence-electron chi connectivity index (χ4n) is 2.78. The molecule has 6 heteroatoms. The summed E-state index contributed by atoms with van der Waals surface area (Å²) in [6.07, 6.45) is 2.95. The van der Waals surface area contributed by atoms with Crippen LogP contribution in [0.3, 0.4) is 0 Å². The van der Waals surface area contributed by atoms with Gasteiger partial charge in [-0.1, -0.05) is 18.2 Å². The topological polar surface area (TPSA) is 72.5 Å².